The minimum atomic E-state index is -5.89. The fraction of sp³-hybridized carbons (Fsp3) is 0.394. The molecule has 2 amide bonds. The van der Waals surface area contributed by atoms with Gasteiger partial charge in [-0.15, -0.1) is 0 Å². The number of sulfonamides is 1. The minimum absolute atomic E-state index is 0. The Labute approximate surface area is 354 Å². The summed E-state index contributed by atoms with van der Waals surface area (Å²) in [5.41, 5.74) is 6.83. The zero-order valence-corrected chi connectivity index (χ0v) is 33.2. The summed E-state index contributed by atoms with van der Waals surface area (Å²) in [6.07, 6.45) is -2.29. The number of nitrogen functional groups attached to an aromatic ring is 1. The van der Waals surface area contributed by atoms with Crippen molar-refractivity contribution in [3.63, 3.8) is 0 Å². The van der Waals surface area contributed by atoms with Gasteiger partial charge in [0.2, 0.25) is 15.9 Å². The van der Waals surface area contributed by atoms with Gasteiger partial charge in [-0.25, -0.2) is 13.2 Å². The Morgan fingerprint density at radius 2 is 1.56 bits per heavy atom. The third-order valence-corrected chi connectivity index (χ3v) is 9.35. The first-order valence-electron chi connectivity index (χ1n) is 20.0. The van der Waals surface area contributed by atoms with Crippen molar-refractivity contribution in [2.75, 3.05) is 32.4 Å². The Morgan fingerprint density at radius 1 is 0.980 bits per heavy atom. The molecule has 0 heterocycles. The summed E-state index contributed by atoms with van der Waals surface area (Å²) >= 11 is 0. The molecule has 0 aliphatic rings. The van der Waals surface area contributed by atoms with Crippen LogP contribution in [0.15, 0.2) is 89.8 Å². The monoisotopic (exact) mass is 759 g/mol. The third-order valence-electron chi connectivity index (χ3n) is 7.06. The van der Waals surface area contributed by atoms with E-state index in [-0.39, 0.29) is 88.5 Å². The number of carbonyl (C=O) groups is 2. The van der Waals surface area contributed by atoms with E-state index >= 15 is 0 Å². The molecule has 1 unspecified atom stereocenters. The molecule has 3 aromatic rings. The van der Waals surface area contributed by atoms with E-state index in [0.717, 1.165) is 24.3 Å². The van der Waals surface area contributed by atoms with Crippen LogP contribution in [0.2, 0.25) is 0 Å². The average Bonchev–Trinajstić information content (AvgIpc) is 3.11. The summed E-state index contributed by atoms with van der Waals surface area (Å²) in [5, 5.41) is 4.91. The third kappa shape index (κ3) is 14.7. The number of phosphoric acid groups is 1. The quantitative estimate of drug-likeness (QED) is 0.0519. The normalized spacial score (nSPS) is 17.6. The van der Waals surface area contributed by atoms with Crippen molar-refractivity contribution in [2.45, 2.75) is 55.9 Å². The van der Waals surface area contributed by atoms with Gasteiger partial charge in [-0.3, -0.25) is 4.79 Å². The zero-order chi connectivity index (χ0) is 44.6. The van der Waals surface area contributed by atoms with Crippen LogP contribution in [0.1, 0.15) is 65.1 Å². The molecule has 0 saturated heterocycles. The average molecular weight is 760 g/mol. The summed E-state index contributed by atoms with van der Waals surface area (Å²) < 4.78 is 136. The van der Waals surface area contributed by atoms with Crippen molar-refractivity contribution >= 4 is 35.5 Å². The number of amides is 2. The maximum Gasteiger partial charge on any atom is 1.00 e. The number of benzene rings is 3. The molecule has 0 aliphatic heterocycles. The molecule has 3 aromatic carbocycles. The molecule has 3 rings (SSSR count). The number of hydrogen-bond acceptors (Lipinski definition) is 10. The Bertz CT molecular complexity index is 1970. The molecule has 0 bridgehead atoms. The van der Waals surface area contributed by atoms with Crippen molar-refractivity contribution < 1.29 is 116 Å². The number of rotatable bonds is 18. The van der Waals surface area contributed by atoms with Crippen molar-refractivity contribution in [3.05, 3.63) is 96.1 Å². The molecule has 0 aliphatic carbocycles. The van der Waals surface area contributed by atoms with Gasteiger partial charge in [0.25, 0.3) is 0 Å². The van der Waals surface area contributed by atoms with E-state index in [2.05, 4.69) is 19.9 Å². The largest absolute Gasteiger partial charge is 1.00 e. The summed E-state index contributed by atoms with van der Waals surface area (Å²) in [4.78, 5) is 49.2. The van der Waals surface area contributed by atoms with E-state index in [1.165, 1.54) is 0 Å². The van der Waals surface area contributed by atoms with Gasteiger partial charge in [-0.05, 0) is 54.1 Å². The molecule has 50 heavy (non-hydrogen) atoms. The van der Waals surface area contributed by atoms with E-state index in [9.17, 15) is 32.4 Å². The first-order valence-corrected chi connectivity index (χ1v) is 17.4. The molecule has 17 heteroatoms. The number of carbonyl (C=O) groups excluding carboxylic acids is 2. The van der Waals surface area contributed by atoms with Crippen LogP contribution in [-0.2, 0) is 28.6 Å². The van der Waals surface area contributed by atoms with Gasteiger partial charge in [0, 0.05) is 41.7 Å². The molecule has 0 saturated carbocycles. The van der Waals surface area contributed by atoms with Gasteiger partial charge in [0.15, 0.2) is 0 Å². The van der Waals surface area contributed by atoms with Crippen molar-refractivity contribution in [2.24, 2.45) is 5.89 Å². The predicted molar refractivity (Wildman–Crippen MR) is 178 cm³/mol. The maximum atomic E-state index is 14.2. The molecular weight excluding hydrogens is 705 g/mol. The van der Waals surface area contributed by atoms with Crippen LogP contribution in [0.25, 0.3) is 0 Å². The van der Waals surface area contributed by atoms with Crippen molar-refractivity contribution in [1.82, 2.24) is 14.9 Å². The van der Waals surface area contributed by atoms with Crippen LogP contribution < -0.4 is 85.3 Å². The van der Waals surface area contributed by atoms with Crippen LogP contribution in [0.3, 0.4) is 0 Å². The SMILES string of the molecule is [2H]C(N([C@@H](CCCCNC(=O)[C@@H](NC(=O)OC([2H])([2H])[2H])C(c1ccccc1)c1ccccc1)COP(=O)([O-])[O-])S(=O)(=O)c1ccc(N)cc1)C([2H])(C([2H])([2H])[2H])C([2H])([2H])[2H].[Na+].[Na+]. The standard InChI is InChI=1S/C33H45N4O9PS.2Na/c1-24(2)22-37(48(43,44)29-19-17-27(34)18-20-29)28(23-46-47(40,41)42)16-10-11-21-35-32(38)31(36-33(39)45-3)30(25-12-6-4-7-13-25)26-14-8-5-9-15-26;;/h4-9,12-15,17-20,24,28,30-31H,10-11,16,21-23,34H2,1-3H3,(H,35,38)(H,36,39)(H2,40,41,42);;/q;2*+1/p-2/t28-,31-;;/m0../s1/i1D3,2D3,3D3,22D,24D;;/t22?,28-,31-;;. The summed E-state index contributed by atoms with van der Waals surface area (Å²) in [6.45, 7) is -12.2. The molecule has 0 fully saturated rings. The molecule has 3 atom stereocenters. The fourth-order valence-corrected chi connectivity index (χ4v) is 6.78. The number of methoxy groups -OCH3 is 1. The van der Waals surface area contributed by atoms with Gasteiger partial charge in [-0.2, -0.15) is 4.31 Å². The second-order valence-electron chi connectivity index (χ2n) is 10.4. The first kappa shape index (κ1) is 30.7. The summed E-state index contributed by atoms with van der Waals surface area (Å²) in [5.74, 6) is -5.58. The predicted octanol–water partition coefficient (Wildman–Crippen LogP) is -3.02. The Kier molecular flexibility index (Phi) is 13.7. The number of hydrogen-bond donors (Lipinski definition) is 3. The Morgan fingerprint density at radius 3 is 2.08 bits per heavy atom. The molecular formula is C33H43N4Na2O9PS. The number of ether oxygens (including phenoxy) is 1. The number of phosphoric ester groups is 1. The van der Waals surface area contributed by atoms with Crippen molar-refractivity contribution in [3.8, 4) is 0 Å². The van der Waals surface area contributed by atoms with Gasteiger partial charge in [0.05, 0.1) is 30.5 Å². The number of unbranched alkanes of at least 4 members (excludes halogenated alkanes) is 1. The molecule has 262 valence electrons. The number of nitrogens with zero attached hydrogens (tertiary/aromatic N) is 1. The van der Waals surface area contributed by atoms with Gasteiger partial charge in [0.1, 0.15) is 6.04 Å². The topological polar surface area (TPSA) is 203 Å². The summed E-state index contributed by atoms with van der Waals surface area (Å²) in [6, 6.07) is 17.5. The van der Waals surface area contributed by atoms with Gasteiger partial charge in [-0.1, -0.05) is 80.8 Å². The van der Waals surface area contributed by atoms with E-state index in [4.69, 9.17) is 20.8 Å². The van der Waals surface area contributed by atoms with Crippen molar-refractivity contribution in [1.29, 1.82) is 0 Å². The number of nitrogens with two attached hydrogens (primary N) is 1. The first-order chi connectivity index (χ1) is 27.1. The van der Waals surface area contributed by atoms with Crippen LogP contribution in [0.5, 0.6) is 0 Å². The van der Waals surface area contributed by atoms with Gasteiger partial charge >= 0.3 is 65.2 Å². The fourth-order valence-electron chi connectivity index (χ4n) is 4.90. The molecule has 0 radical (unpaired) electrons. The van der Waals surface area contributed by atoms with Crippen LogP contribution in [0, 0.1) is 5.89 Å². The summed E-state index contributed by atoms with van der Waals surface area (Å²) in [7, 11) is -14.3. The second-order valence-corrected chi connectivity index (χ2v) is 13.4. The Hall–Kier alpha value is -1.78. The molecule has 13 nitrogen and oxygen atoms in total. The second kappa shape index (κ2) is 22.3. The zero-order valence-electron chi connectivity index (χ0n) is 38.5. The molecule has 0 aromatic heterocycles. The number of alkyl carbamates (subject to hydrolysis) is 1. The van der Waals surface area contributed by atoms with Crippen LogP contribution >= 0.6 is 7.82 Å². The van der Waals surface area contributed by atoms with E-state index in [1.54, 1.807) is 60.7 Å². The van der Waals surface area contributed by atoms with Crippen LogP contribution in [-0.4, -0.2) is 63.5 Å². The van der Waals surface area contributed by atoms with E-state index in [0.29, 0.717) is 11.1 Å². The van der Waals surface area contributed by atoms with E-state index < -0.39 is 98.9 Å². The van der Waals surface area contributed by atoms with E-state index in [1.807, 2.05) is 0 Å². The van der Waals surface area contributed by atoms with Gasteiger partial charge < -0.3 is 40.0 Å². The molecule has 4 N–H and O–H groups in total. The number of anilines is 1. The smallest absolute Gasteiger partial charge is 0.790 e. The maximum absolute atomic E-state index is 14.2. The molecule has 0 spiro atoms. The van der Waals surface area contributed by atoms with Crippen LogP contribution in [0.4, 0.5) is 10.5 Å². The number of nitrogens with one attached hydrogen (secondary N) is 2. The Balaban J connectivity index is 0.00000930. The minimum Gasteiger partial charge on any atom is -0.790 e.